The Morgan fingerprint density at radius 3 is 2.35 bits per heavy atom. The topological polar surface area (TPSA) is 63.7 Å². The first kappa shape index (κ1) is 14.4. The lowest BCUT2D eigenvalue weighted by Gasteiger charge is -2.15. The lowest BCUT2D eigenvalue weighted by atomic mass is 10.4. The van der Waals surface area contributed by atoms with Gasteiger partial charge in [0.15, 0.2) is 0 Å². The van der Waals surface area contributed by atoms with E-state index in [4.69, 9.17) is 0 Å². The van der Waals surface area contributed by atoms with E-state index >= 15 is 0 Å². The molecule has 0 amide bonds. The van der Waals surface area contributed by atoms with Crippen LogP contribution in [0.25, 0.3) is 0 Å². The lowest BCUT2D eigenvalue weighted by molar-refractivity contribution is -0.140. The zero-order valence-electron chi connectivity index (χ0n) is 9.38. The molecule has 5 nitrogen and oxygen atoms in total. The van der Waals surface area contributed by atoms with E-state index in [1.165, 1.54) is 26.3 Å². The van der Waals surface area contributed by atoms with Gasteiger partial charge in [-0.05, 0) is 46.9 Å². The third-order valence-electron chi connectivity index (χ3n) is 2.10. The van der Waals surface area contributed by atoms with Crippen LogP contribution in [0.1, 0.15) is 0 Å². The largest absolute Gasteiger partial charge is 0.468 e. The second-order valence-corrected chi connectivity index (χ2v) is 6.58. The number of carbonyl (C=O) groups is 1. The molecular weight excluding hydrogens is 357 g/mol. The van der Waals surface area contributed by atoms with Crippen molar-refractivity contribution in [1.82, 2.24) is 4.31 Å². The molecule has 0 spiro atoms. The van der Waals surface area contributed by atoms with Gasteiger partial charge in [0.1, 0.15) is 6.54 Å². The van der Waals surface area contributed by atoms with Crippen molar-refractivity contribution in [2.24, 2.45) is 0 Å². The van der Waals surface area contributed by atoms with E-state index in [9.17, 15) is 13.2 Å². The molecule has 7 heteroatoms. The number of halogens is 1. The van der Waals surface area contributed by atoms with Crippen LogP contribution in [0.4, 0.5) is 0 Å². The van der Waals surface area contributed by atoms with E-state index in [1.807, 2.05) is 0 Å². The predicted molar refractivity (Wildman–Crippen MR) is 71.0 cm³/mol. The highest BCUT2D eigenvalue weighted by Crippen LogP contribution is 2.15. The van der Waals surface area contributed by atoms with E-state index in [0.717, 1.165) is 7.88 Å². The number of carbonyl (C=O) groups excluding carboxylic acids is 1. The van der Waals surface area contributed by atoms with Crippen LogP contribution in [-0.2, 0) is 19.6 Å². The Kier molecular flexibility index (Phi) is 4.90. The standard InChI is InChI=1S/C10H12INO4S/c1-12(7-10(13)16-2)17(14,15)9-5-3-8(11)4-6-9/h3-6H,7H2,1-2H3. The SMILES string of the molecule is COC(=O)CN(C)S(=O)(=O)c1ccc(I)cc1. The minimum atomic E-state index is -3.63. The Morgan fingerprint density at radius 1 is 1.35 bits per heavy atom. The van der Waals surface area contributed by atoms with Crippen molar-refractivity contribution in [3.8, 4) is 0 Å². The third kappa shape index (κ3) is 3.65. The van der Waals surface area contributed by atoms with E-state index < -0.39 is 16.0 Å². The number of ether oxygens (including phenoxy) is 1. The van der Waals surface area contributed by atoms with Crippen LogP contribution in [0.15, 0.2) is 29.2 Å². The van der Waals surface area contributed by atoms with Gasteiger partial charge in [0.25, 0.3) is 0 Å². The predicted octanol–water partition coefficient (Wildman–Crippen LogP) is 1.08. The van der Waals surface area contributed by atoms with Crippen molar-refractivity contribution >= 4 is 38.6 Å². The number of sulfonamides is 1. The Labute approximate surface area is 114 Å². The molecule has 1 rings (SSSR count). The van der Waals surface area contributed by atoms with Crippen molar-refractivity contribution in [1.29, 1.82) is 0 Å². The quantitative estimate of drug-likeness (QED) is 0.589. The number of nitrogens with zero attached hydrogens (tertiary/aromatic N) is 1. The van der Waals surface area contributed by atoms with Crippen molar-refractivity contribution < 1.29 is 17.9 Å². The molecule has 0 unspecified atom stereocenters. The van der Waals surface area contributed by atoms with Gasteiger partial charge in [-0.3, -0.25) is 4.79 Å². The highest BCUT2D eigenvalue weighted by atomic mass is 127. The number of esters is 1. The highest BCUT2D eigenvalue weighted by molar-refractivity contribution is 14.1. The fourth-order valence-electron chi connectivity index (χ4n) is 1.12. The van der Waals surface area contributed by atoms with Crippen LogP contribution in [0.2, 0.25) is 0 Å². The van der Waals surface area contributed by atoms with Gasteiger partial charge in [-0.1, -0.05) is 0 Å². The Bertz CT molecular complexity index is 498. The van der Waals surface area contributed by atoms with Gasteiger partial charge in [0, 0.05) is 10.6 Å². The van der Waals surface area contributed by atoms with Crippen LogP contribution in [0, 0.1) is 3.57 Å². The molecule has 0 saturated heterocycles. The maximum absolute atomic E-state index is 12.0. The van der Waals surface area contributed by atoms with Gasteiger partial charge < -0.3 is 4.74 Å². The summed E-state index contributed by atoms with van der Waals surface area (Å²) in [5.74, 6) is -0.596. The van der Waals surface area contributed by atoms with Crippen molar-refractivity contribution in [3.05, 3.63) is 27.8 Å². The molecule has 0 bridgehead atoms. The molecule has 0 atom stereocenters. The summed E-state index contributed by atoms with van der Waals surface area (Å²) in [5, 5.41) is 0. The minimum absolute atomic E-state index is 0.157. The second kappa shape index (κ2) is 5.78. The number of rotatable bonds is 4. The average Bonchev–Trinajstić information content (AvgIpc) is 2.29. The minimum Gasteiger partial charge on any atom is -0.468 e. The Balaban J connectivity index is 2.95. The molecule has 0 N–H and O–H groups in total. The number of hydrogen-bond donors (Lipinski definition) is 0. The molecule has 0 aliphatic carbocycles. The lowest BCUT2D eigenvalue weighted by Crippen LogP contribution is -2.32. The maximum Gasteiger partial charge on any atom is 0.321 e. The highest BCUT2D eigenvalue weighted by Gasteiger charge is 2.22. The monoisotopic (exact) mass is 369 g/mol. The Hall–Kier alpha value is -0.670. The second-order valence-electron chi connectivity index (χ2n) is 3.29. The summed E-state index contributed by atoms with van der Waals surface area (Å²) in [7, 11) is -1.08. The molecule has 0 saturated carbocycles. The van der Waals surface area contributed by atoms with Crippen LogP contribution < -0.4 is 0 Å². The fraction of sp³-hybridized carbons (Fsp3) is 0.300. The molecule has 94 valence electrons. The zero-order chi connectivity index (χ0) is 13.1. The number of hydrogen-bond acceptors (Lipinski definition) is 4. The summed E-state index contributed by atoms with van der Waals surface area (Å²) >= 11 is 2.09. The van der Waals surface area contributed by atoms with Gasteiger partial charge in [-0.15, -0.1) is 0 Å². The molecule has 0 aromatic heterocycles. The summed E-state index contributed by atoms with van der Waals surface area (Å²) in [5.41, 5.74) is 0. The van der Waals surface area contributed by atoms with E-state index in [0.29, 0.717) is 0 Å². The molecular formula is C10H12INO4S. The number of methoxy groups -OCH3 is 1. The summed E-state index contributed by atoms with van der Waals surface area (Å²) in [4.78, 5) is 11.2. The van der Waals surface area contributed by atoms with Gasteiger partial charge in [0.05, 0.1) is 12.0 Å². The summed E-state index contributed by atoms with van der Waals surface area (Å²) in [6.45, 7) is -0.301. The third-order valence-corrected chi connectivity index (χ3v) is 4.64. The van der Waals surface area contributed by atoms with Crippen LogP contribution in [0.5, 0.6) is 0 Å². The van der Waals surface area contributed by atoms with Crippen molar-refractivity contribution in [2.45, 2.75) is 4.90 Å². The molecule has 0 aliphatic rings. The smallest absolute Gasteiger partial charge is 0.321 e. The molecule has 0 aliphatic heterocycles. The van der Waals surface area contributed by atoms with Gasteiger partial charge in [-0.2, -0.15) is 4.31 Å². The van der Waals surface area contributed by atoms with E-state index in [-0.39, 0.29) is 11.4 Å². The number of likely N-dealkylation sites (N-methyl/N-ethyl adjacent to an activating group) is 1. The van der Waals surface area contributed by atoms with Crippen LogP contribution in [-0.4, -0.2) is 39.4 Å². The number of benzene rings is 1. The van der Waals surface area contributed by atoms with Gasteiger partial charge >= 0.3 is 5.97 Å². The van der Waals surface area contributed by atoms with Crippen LogP contribution in [0.3, 0.4) is 0 Å². The first-order valence-corrected chi connectivity index (χ1v) is 7.18. The zero-order valence-corrected chi connectivity index (χ0v) is 12.4. The van der Waals surface area contributed by atoms with Crippen molar-refractivity contribution in [3.63, 3.8) is 0 Å². The van der Waals surface area contributed by atoms with Crippen LogP contribution >= 0.6 is 22.6 Å². The molecule has 0 radical (unpaired) electrons. The fourth-order valence-corrected chi connectivity index (χ4v) is 2.59. The van der Waals surface area contributed by atoms with Gasteiger partial charge in [0.2, 0.25) is 10.0 Å². The van der Waals surface area contributed by atoms with E-state index in [2.05, 4.69) is 27.3 Å². The Morgan fingerprint density at radius 2 is 1.88 bits per heavy atom. The molecule has 17 heavy (non-hydrogen) atoms. The first-order chi connectivity index (χ1) is 7.87. The average molecular weight is 369 g/mol. The molecule has 0 fully saturated rings. The summed E-state index contributed by atoms with van der Waals surface area (Å²) in [6, 6.07) is 6.40. The summed E-state index contributed by atoms with van der Waals surface area (Å²) in [6.07, 6.45) is 0. The van der Waals surface area contributed by atoms with Gasteiger partial charge in [-0.25, -0.2) is 8.42 Å². The maximum atomic E-state index is 12.0. The molecule has 0 heterocycles. The normalized spacial score (nSPS) is 11.5. The molecule has 1 aromatic rings. The first-order valence-electron chi connectivity index (χ1n) is 4.66. The van der Waals surface area contributed by atoms with Crippen molar-refractivity contribution in [2.75, 3.05) is 20.7 Å². The van der Waals surface area contributed by atoms with E-state index in [1.54, 1.807) is 12.1 Å². The summed E-state index contributed by atoms with van der Waals surface area (Å²) < 4.78 is 30.3. The molecule has 1 aromatic carbocycles.